The Morgan fingerprint density at radius 2 is 1.77 bits per heavy atom. The third-order valence-electron chi connectivity index (χ3n) is 1.50. The van der Waals surface area contributed by atoms with E-state index in [1.54, 1.807) is 0 Å². The van der Waals surface area contributed by atoms with Gasteiger partial charge in [-0.2, -0.15) is 0 Å². The molecular weight excluding hydrogens is 392 g/mol. The summed E-state index contributed by atoms with van der Waals surface area (Å²) in [6, 6.07) is 0. The number of hydrogen-bond donors (Lipinski definition) is 2. The minimum atomic E-state index is 0. The molecule has 2 aliphatic rings. The van der Waals surface area contributed by atoms with Crippen molar-refractivity contribution in [3.05, 3.63) is 36.8 Å². The maximum Gasteiger partial charge on any atom is 2.00 e. The monoisotopic (exact) mass is 402 g/mol. The summed E-state index contributed by atoms with van der Waals surface area (Å²) in [4.78, 5) is 2.11. The first-order valence-corrected chi connectivity index (χ1v) is 3.02. The molecule has 0 amide bonds. The van der Waals surface area contributed by atoms with Crippen molar-refractivity contribution in [3.8, 4) is 0 Å². The summed E-state index contributed by atoms with van der Waals surface area (Å²) in [5.74, 6) is 0. The van der Waals surface area contributed by atoms with Crippen LogP contribution in [0.4, 0.5) is 0 Å². The quantitative estimate of drug-likeness (QED) is 0.426. The van der Waals surface area contributed by atoms with E-state index in [2.05, 4.69) is 16.3 Å². The fraction of sp³-hybridized carbons (Fsp3) is 0.143. The summed E-state index contributed by atoms with van der Waals surface area (Å²) in [6.07, 6.45) is 12.6. The Hall–Kier alpha value is 0.0483. The topological polar surface area (TPSA) is 50.3 Å². The zero-order valence-electron chi connectivity index (χ0n) is 6.77. The van der Waals surface area contributed by atoms with Crippen molar-refractivity contribution in [2.45, 2.75) is 6.17 Å². The Morgan fingerprint density at radius 3 is 2.38 bits per heavy atom. The van der Waals surface area contributed by atoms with Gasteiger partial charge in [0, 0.05) is 18.6 Å². The smallest absolute Gasteiger partial charge is 1.00 e. The van der Waals surface area contributed by atoms with Crippen molar-refractivity contribution in [1.82, 2.24) is 16.4 Å². The fourth-order valence-electron chi connectivity index (χ4n) is 1.02. The minimum Gasteiger partial charge on any atom is -1.00 e. The molecule has 13 heavy (non-hydrogen) atoms. The molecule has 0 aliphatic carbocycles. The van der Waals surface area contributed by atoms with Crippen molar-refractivity contribution in [2.75, 3.05) is 0 Å². The number of hydrogen-bond acceptors (Lipinski definition) is 3. The van der Waals surface area contributed by atoms with Gasteiger partial charge in [0.25, 0.3) is 0 Å². The second-order valence-electron chi connectivity index (χ2n) is 2.10. The van der Waals surface area contributed by atoms with Gasteiger partial charge >= 0.3 is 21.1 Å². The van der Waals surface area contributed by atoms with Crippen molar-refractivity contribution >= 4 is 0 Å². The van der Waals surface area contributed by atoms with Gasteiger partial charge in [0.2, 0.25) is 0 Å². The van der Waals surface area contributed by atoms with E-state index >= 15 is 0 Å². The summed E-state index contributed by atoms with van der Waals surface area (Å²) in [7, 11) is 0. The molecule has 3 nitrogen and oxygen atoms in total. The fourth-order valence-corrected chi connectivity index (χ4v) is 1.02. The van der Waals surface area contributed by atoms with Gasteiger partial charge in [-0.15, -0.1) is 0 Å². The maximum absolute atomic E-state index is 3.17. The molecule has 2 rings (SSSR count). The average Bonchev–Trinajstić information content (AvgIpc) is 2.33. The molecule has 2 heterocycles. The van der Waals surface area contributed by atoms with Crippen LogP contribution in [0.1, 0.15) is 0 Å². The van der Waals surface area contributed by atoms with Crippen LogP contribution in [0.2, 0.25) is 0 Å². The van der Waals surface area contributed by atoms with Crippen LogP contribution in [0.25, 0.3) is 0 Å². The van der Waals surface area contributed by atoms with E-state index in [4.69, 9.17) is 0 Å². The Labute approximate surface area is 105 Å². The number of nitrogens with one attached hydrogen (secondary N) is 1. The van der Waals surface area contributed by atoms with E-state index in [0.717, 1.165) is 0 Å². The number of halogens is 2. The van der Waals surface area contributed by atoms with Gasteiger partial charge in [-0.25, -0.2) is 0 Å². The van der Waals surface area contributed by atoms with Crippen LogP contribution in [-0.2, 0) is 21.1 Å². The SMILES string of the molecule is C1=CC2NC=CN2C=C1.N.[Cl-].[Cl-].[Pt+2]. The molecular formula is C7H11Cl2N3Pt. The molecule has 0 fully saturated rings. The Kier molecular flexibility index (Phi) is 12.5. The molecule has 0 bridgehead atoms. The predicted octanol–water partition coefficient (Wildman–Crippen LogP) is -5.06. The second kappa shape index (κ2) is 8.64. The first-order valence-electron chi connectivity index (χ1n) is 3.02. The zero-order valence-corrected chi connectivity index (χ0v) is 10.6. The molecule has 0 aromatic rings. The zero-order chi connectivity index (χ0) is 6.10. The van der Waals surface area contributed by atoms with E-state index < -0.39 is 0 Å². The summed E-state index contributed by atoms with van der Waals surface area (Å²) in [6.45, 7) is 0. The number of nitrogens with zero attached hydrogens (tertiary/aromatic N) is 1. The largest absolute Gasteiger partial charge is 2.00 e. The molecule has 78 valence electrons. The van der Waals surface area contributed by atoms with E-state index in [9.17, 15) is 0 Å². The van der Waals surface area contributed by atoms with Crippen LogP contribution >= 0.6 is 0 Å². The summed E-state index contributed by atoms with van der Waals surface area (Å²) >= 11 is 0. The average molecular weight is 403 g/mol. The van der Waals surface area contributed by atoms with Gasteiger partial charge < -0.3 is 41.2 Å². The van der Waals surface area contributed by atoms with Gasteiger partial charge in [0.15, 0.2) is 0 Å². The second-order valence-corrected chi connectivity index (χ2v) is 2.10. The molecule has 4 N–H and O–H groups in total. The summed E-state index contributed by atoms with van der Waals surface area (Å²) < 4.78 is 0. The number of fused-ring (bicyclic) bond motifs is 1. The van der Waals surface area contributed by atoms with Crippen LogP contribution in [0.15, 0.2) is 36.8 Å². The third-order valence-corrected chi connectivity index (χ3v) is 1.50. The molecule has 6 heteroatoms. The standard InChI is InChI=1S/C7H8N2.2ClH.H3N.Pt/c1-2-5-9-6-4-8-7(9)3-1;;;;/h1-8H;2*1H;1H3;/q;;;;+2/p-2. The molecule has 0 spiro atoms. The predicted molar refractivity (Wildman–Crippen MR) is 41.2 cm³/mol. The van der Waals surface area contributed by atoms with Crippen molar-refractivity contribution in [1.29, 1.82) is 0 Å². The van der Waals surface area contributed by atoms with Crippen molar-refractivity contribution < 1.29 is 45.9 Å². The van der Waals surface area contributed by atoms with E-state index in [1.807, 2.05) is 30.8 Å². The van der Waals surface area contributed by atoms with Gasteiger partial charge in [-0.05, 0) is 12.2 Å². The van der Waals surface area contributed by atoms with E-state index in [0.29, 0.717) is 6.17 Å². The molecule has 0 aromatic carbocycles. The molecule has 0 saturated carbocycles. The Bertz CT molecular complexity index is 206. The molecule has 1 unspecified atom stereocenters. The summed E-state index contributed by atoms with van der Waals surface area (Å²) in [5.41, 5.74) is 0. The first kappa shape index (κ1) is 18.8. The van der Waals surface area contributed by atoms with E-state index in [1.165, 1.54) is 0 Å². The molecule has 0 radical (unpaired) electrons. The first-order chi connectivity index (χ1) is 4.47. The van der Waals surface area contributed by atoms with Gasteiger partial charge in [0.05, 0.1) is 0 Å². The normalized spacial score (nSPS) is 19.7. The summed E-state index contributed by atoms with van der Waals surface area (Å²) in [5, 5.41) is 3.17. The molecule has 1 atom stereocenters. The van der Waals surface area contributed by atoms with Crippen LogP contribution in [0.5, 0.6) is 0 Å². The minimum absolute atomic E-state index is 0. The molecule has 2 aliphatic heterocycles. The van der Waals surface area contributed by atoms with Crippen molar-refractivity contribution in [2.24, 2.45) is 0 Å². The number of allylic oxidation sites excluding steroid dienone is 2. The van der Waals surface area contributed by atoms with Gasteiger partial charge in [-0.3, -0.25) is 0 Å². The Morgan fingerprint density at radius 1 is 1.08 bits per heavy atom. The number of rotatable bonds is 0. The van der Waals surface area contributed by atoms with Gasteiger partial charge in [0.1, 0.15) is 6.17 Å². The maximum atomic E-state index is 3.17. The van der Waals surface area contributed by atoms with E-state index in [-0.39, 0.29) is 52.0 Å². The van der Waals surface area contributed by atoms with Crippen LogP contribution in [-0.4, -0.2) is 11.1 Å². The Balaban J connectivity index is -0.000000250. The van der Waals surface area contributed by atoms with Crippen LogP contribution in [0, 0.1) is 0 Å². The molecule has 0 saturated heterocycles. The van der Waals surface area contributed by atoms with Crippen LogP contribution in [0.3, 0.4) is 0 Å². The third kappa shape index (κ3) is 4.19. The van der Waals surface area contributed by atoms with Crippen molar-refractivity contribution in [3.63, 3.8) is 0 Å². The van der Waals surface area contributed by atoms with Crippen LogP contribution < -0.4 is 36.3 Å². The molecule has 0 aromatic heterocycles. The van der Waals surface area contributed by atoms with Gasteiger partial charge in [-0.1, -0.05) is 6.08 Å².